The molecule has 0 aromatic carbocycles. The number of hydrogen-bond donors (Lipinski definition) is 4. The van der Waals surface area contributed by atoms with Crippen molar-refractivity contribution >= 4 is 29.9 Å². The first-order chi connectivity index (χ1) is 9.62. The number of rotatable bonds is 3. The molecule has 5 N–H and O–H groups in total. The van der Waals surface area contributed by atoms with Gasteiger partial charge in [-0.05, 0) is 31.4 Å². The second-order valence-corrected chi connectivity index (χ2v) is 5.85. The second kappa shape index (κ2) is 6.07. The normalized spacial score (nSPS) is 27.5. The molecule has 2 aliphatic rings. The topological polar surface area (TPSA) is 100 Å². The van der Waals surface area contributed by atoms with E-state index in [-0.39, 0.29) is 23.7 Å². The summed E-state index contributed by atoms with van der Waals surface area (Å²) in [6, 6.07) is 1.58. The third kappa shape index (κ3) is 2.78. The van der Waals surface area contributed by atoms with E-state index in [4.69, 9.17) is 5.73 Å². The summed E-state index contributed by atoms with van der Waals surface area (Å²) in [5, 5.41) is 6.28. The van der Waals surface area contributed by atoms with Crippen LogP contribution in [0.15, 0.2) is 12.3 Å². The first-order valence-electron chi connectivity index (χ1n) is 7.12. The fraction of sp³-hybridized carbons (Fsp3) is 0.571. The summed E-state index contributed by atoms with van der Waals surface area (Å²) in [7, 11) is 0. The summed E-state index contributed by atoms with van der Waals surface area (Å²) in [6.07, 6.45) is 5.96. The van der Waals surface area contributed by atoms with Gasteiger partial charge in [0.1, 0.15) is 5.69 Å². The van der Waals surface area contributed by atoms with E-state index >= 15 is 0 Å². The summed E-state index contributed by atoms with van der Waals surface area (Å²) in [4.78, 5) is 26.5. The lowest BCUT2D eigenvalue weighted by atomic mass is 9.67. The molecule has 21 heavy (non-hydrogen) atoms. The molecule has 2 fully saturated rings. The van der Waals surface area contributed by atoms with Crippen molar-refractivity contribution in [1.82, 2.24) is 10.3 Å². The molecule has 1 aliphatic carbocycles. The molecule has 0 unspecified atom stereocenters. The lowest BCUT2D eigenvalue weighted by Crippen LogP contribution is -2.44. The summed E-state index contributed by atoms with van der Waals surface area (Å²) < 4.78 is 0. The number of aromatic nitrogens is 1. The Balaban J connectivity index is 0.00000161. The zero-order valence-corrected chi connectivity index (χ0v) is 12.6. The fourth-order valence-electron chi connectivity index (χ4n) is 3.55. The predicted molar refractivity (Wildman–Crippen MR) is 82.4 cm³/mol. The Morgan fingerprint density at radius 2 is 2.19 bits per heavy atom. The lowest BCUT2D eigenvalue weighted by Gasteiger charge is -2.36. The van der Waals surface area contributed by atoms with Crippen LogP contribution in [0.25, 0.3) is 0 Å². The number of nitrogens with one attached hydrogen (secondary N) is 3. The Morgan fingerprint density at radius 1 is 1.38 bits per heavy atom. The van der Waals surface area contributed by atoms with Gasteiger partial charge in [0.2, 0.25) is 5.91 Å². The number of amides is 2. The van der Waals surface area contributed by atoms with Crippen molar-refractivity contribution in [3.05, 3.63) is 18.0 Å². The molecule has 6 nitrogen and oxygen atoms in total. The van der Waals surface area contributed by atoms with Gasteiger partial charge in [-0.25, -0.2) is 0 Å². The highest BCUT2D eigenvalue weighted by Crippen LogP contribution is 2.44. The number of hydrogen-bond acceptors (Lipinski definition) is 3. The molecule has 0 radical (unpaired) electrons. The van der Waals surface area contributed by atoms with Gasteiger partial charge in [-0.3, -0.25) is 9.59 Å². The van der Waals surface area contributed by atoms with Crippen molar-refractivity contribution in [2.45, 2.75) is 25.7 Å². The molecule has 2 heterocycles. The van der Waals surface area contributed by atoms with Crippen LogP contribution in [0.2, 0.25) is 0 Å². The maximum atomic E-state index is 12.7. The maximum Gasteiger partial charge on any atom is 0.265 e. The van der Waals surface area contributed by atoms with Gasteiger partial charge in [0.05, 0.1) is 11.1 Å². The average molecular weight is 313 g/mol. The summed E-state index contributed by atoms with van der Waals surface area (Å²) in [5.74, 6) is -0.0465. The number of H-pyrrole nitrogens is 1. The van der Waals surface area contributed by atoms with E-state index in [9.17, 15) is 9.59 Å². The van der Waals surface area contributed by atoms with Crippen molar-refractivity contribution in [3.63, 3.8) is 0 Å². The monoisotopic (exact) mass is 312 g/mol. The number of aromatic amines is 1. The van der Waals surface area contributed by atoms with E-state index in [0.29, 0.717) is 17.3 Å². The lowest BCUT2D eigenvalue weighted by molar-refractivity contribution is -0.128. The molecule has 1 aromatic heterocycles. The number of fused-ring (bicyclic) bond motifs is 1. The van der Waals surface area contributed by atoms with Crippen LogP contribution in [0.3, 0.4) is 0 Å². The van der Waals surface area contributed by atoms with Crippen LogP contribution < -0.4 is 16.4 Å². The van der Waals surface area contributed by atoms with E-state index in [1.165, 1.54) is 6.42 Å². The van der Waals surface area contributed by atoms with Crippen LogP contribution in [-0.4, -0.2) is 29.9 Å². The molecule has 116 valence electrons. The Hall–Kier alpha value is -1.53. The highest BCUT2D eigenvalue weighted by Gasteiger charge is 2.49. The number of carbonyl (C=O) groups is 2. The average Bonchev–Trinajstić information content (AvgIpc) is 3.04. The van der Waals surface area contributed by atoms with Gasteiger partial charge in [-0.1, -0.05) is 12.8 Å². The summed E-state index contributed by atoms with van der Waals surface area (Å²) >= 11 is 0. The molecule has 1 aromatic rings. The van der Waals surface area contributed by atoms with Crippen LogP contribution in [0.1, 0.15) is 36.2 Å². The summed E-state index contributed by atoms with van der Waals surface area (Å²) in [5.41, 5.74) is 5.82. The maximum absolute atomic E-state index is 12.7. The SMILES string of the molecule is Cl.NC(=O)c1cc(NC(=O)[C@@]23CCCC[C@H]2CNC3)c[nH]1. The standard InChI is InChI=1S/C14H20N4O2.ClH/c15-12(19)11-5-10(7-17-11)18-13(20)14-4-2-1-3-9(14)6-16-8-14;/h5,7,9,16-17H,1-4,6,8H2,(H2,15,19)(H,18,20);1H/t9-,14+;/m0./s1. The molecule has 0 bridgehead atoms. The molecule has 2 amide bonds. The molecule has 3 rings (SSSR count). The van der Waals surface area contributed by atoms with Gasteiger partial charge in [0.25, 0.3) is 5.91 Å². The minimum absolute atomic E-state index is 0. The Labute approximate surface area is 129 Å². The molecular formula is C14H21ClN4O2. The zero-order chi connectivity index (χ0) is 14.2. The largest absolute Gasteiger partial charge is 0.364 e. The highest BCUT2D eigenvalue weighted by atomic mass is 35.5. The molecule has 1 saturated carbocycles. The third-order valence-corrected chi connectivity index (χ3v) is 4.70. The van der Waals surface area contributed by atoms with Gasteiger partial charge in [0.15, 0.2) is 0 Å². The first kappa shape index (κ1) is 15.9. The minimum atomic E-state index is -0.526. The number of anilines is 1. The molecule has 1 saturated heterocycles. The van der Waals surface area contributed by atoms with Gasteiger partial charge in [-0.2, -0.15) is 0 Å². The van der Waals surface area contributed by atoms with Gasteiger partial charge >= 0.3 is 0 Å². The zero-order valence-electron chi connectivity index (χ0n) is 11.8. The smallest absolute Gasteiger partial charge is 0.265 e. The minimum Gasteiger partial charge on any atom is -0.364 e. The van der Waals surface area contributed by atoms with E-state index in [1.807, 2.05) is 0 Å². The molecule has 1 aliphatic heterocycles. The van der Waals surface area contributed by atoms with Crippen molar-refractivity contribution in [2.75, 3.05) is 18.4 Å². The molecule has 7 heteroatoms. The quantitative estimate of drug-likeness (QED) is 0.676. The predicted octanol–water partition coefficient (Wildman–Crippen LogP) is 1.25. The van der Waals surface area contributed by atoms with Crippen LogP contribution >= 0.6 is 12.4 Å². The van der Waals surface area contributed by atoms with Crippen molar-refractivity contribution in [3.8, 4) is 0 Å². The van der Waals surface area contributed by atoms with E-state index in [2.05, 4.69) is 15.6 Å². The van der Waals surface area contributed by atoms with Crippen molar-refractivity contribution in [2.24, 2.45) is 17.1 Å². The highest BCUT2D eigenvalue weighted by molar-refractivity contribution is 5.98. The van der Waals surface area contributed by atoms with E-state index in [0.717, 1.165) is 32.4 Å². The number of carbonyl (C=O) groups excluding carboxylic acids is 2. The van der Waals surface area contributed by atoms with Crippen molar-refractivity contribution in [1.29, 1.82) is 0 Å². The molecule has 2 atom stereocenters. The molecule has 0 spiro atoms. The van der Waals surface area contributed by atoms with Crippen LogP contribution in [0, 0.1) is 11.3 Å². The number of halogens is 1. The first-order valence-corrected chi connectivity index (χ1v) is 7.12. The Bertz CT molecular complexity index is 545. The van der Waals surface area contributed by atoms with E-state index in [1.54, 1.807) is 12.3 Å². The van der Waals surface area contributed by atoms with E-state index < -0.39 is 5.91 Å². The van der Waals surface area contributed by atoms with Crippen LogP contribution in [0.5, 0.6) is 0 Å². The second-order valence-electron chi connectivity index (χ2n) is 5.85. The Morgan fingerprint density at radius 3 is 2.90 bits per heavy atom. The van der Waals surface area contributed by atoms with Crippen LogP contribution in [-0.2, 0) is 4.79 Å². The van der Waals surface area contributed by atoms with Gasteiger partial charge in [0, 0.05) is 12.7 Å². The summed E-state index contributed by atoms with van der Waals surface area (Å²) in [6.45, 7) is 1.67. The number of primary amides is 1. The Kier molecular flexibility index (Phi) is 4.58. The van der Waals surface area contributed by atoms with Crippen molar-refractivity contribution < 1.29 is 9.59 Å². The van der Waals surface area contributed by atoms with Gasteiger partial charge in [-0.15, -0.1) is 12.4 Å². The number of nitrogens with two attached hydrogens (primary N) is 1. The fourth-order valence-corrected chi connectivity index (χ4v) is 3.55. The third-order valence-electron chi connectivity index (χ3n) is 4.70. The van der Waals surface area contributed by atoms with Crippen LogP contribution in [0.4, 0.5) is 5.69 Å². The molecular weight excluding hydrogens is 292 g/mol. The van der Waals surface area contributed by atoms with Gasteiger partial charge < -0.3 is 21.4 Å².